The van der Waals surface area contributed by atoms with Gasteiger partial charge in [0.2, 0.25) is 0 Å². The molecule has 0 aliphatic rings. The van der Waals surface area contributed by atoms with Gasteiger partial charge >= 0.3 is 6.18 Å². The van der Waals surface area contributed by atoms with Crippen LogP contribution in [0.5, 0.6) is 0 Å². The molecule has 8 heteroatoms. The minimum atomic E-state index is -4.36. The molecular formula is C16H14F3N5. The normalized spacial score (nSPS) is 11.5. The minimum absolute atomic E-state index is 0.413. The Bertz CT molecular complexity index is 853. The monoisotopic (exact) mass is 333 g/mol. The van der Waals surface area contributed by atoms with Crippen molar-refractivity contribution in [2.45, 2.75) is 6.18 Å². The van der Waals surface area contributed by atoms with E-state index in [1.165, 1.54) is 18.3 Å². The first-order valence-electron chi connectivity index (χ1n) is 7.02. The zero-order chi connectivity index (χ0) is 17.3. The molecule has 3 N–H and O–H groups in total. The maximum Gasteiger partial charge on any atom is 0.416 e. The van der Waals surface area contributed by atoms with E-state index < -0.39 is 11.7 Å². The predicted molar refractivity (Wildman–Crippen MR) is 85.6 cm³/mol. The Labute approximate surface area is 135 Å². The number of nitrogens with one attached hydrogen (secondary N) is 1. The summed E-state index contributed by atoms with van der Waals surface area (Å²) < 4.78 is 39.5. The van der Waals surface area contributed by atoms with Crippen molar-refractivity contribution in [3.05, 3.63) is 54.5 Å². The van der Waals surface area contributed by atoms with Crippen molar-refractivity contribution in [2.75, 3.05) is 11.1 Å². The molecule has 1 aromatic carbocycles. The number of nitrogen functional groups attached to an aromatic ring is 1. The van der Waals surface area contributed by atoms with Gasteiger partial charge < -0.3 is 11.1 Å². The molecule has 24 heavy (non-hydrogen) atoms. The molecule has 0 radical (unpaired) electrons. The molecule has 0 atom stereocenters. The first-order valence-corrected chi connectivity index (χ1v) is 7.02. The topological polar surface area (TPSA) is 68.8 Å². The lowest BCUT2D eigenvalue weighted by molar-refractivity contribution is -0.137. The number of hydrogen-bond donors (Lipinski definition) is 2. The minimum Gasteiger partial charge on any atom is -0.398 e. The van der Waals surface area contributed by atoms with Crippen molar-refractivity contribution in [3.63, 3.8) is 0 Å². The Balaban J connectivity index is 1.84. The summed E-state index contributed by atoms with van der Waals surface area (Å²) in [5.74, 6) is 0.524. The largest absolute Gasteiger partial charge is 0.416 e. The van der Waals surface area contributed by atoms with Crippen molar-refractivity contribution in [1.29, 1.82) is 0 Å². The molecule has 0 aliphatic carbocycles. The number of benzene rings is 1. The second-order valence-corrected chi connectivity index (χ2v) is 5.26. The van der Waals surface area contributed by atoms with Crippen LogP contribution in [0.4, 0.5) is 30.4 Å². The first kappa shape index (κ1) is 15.9. The molecule has 2 aromatic heterocycles. The molecule has 0 spiro atoms. The Morgan fingerprint density at radius 3 is 2.38 bits per heavy atom. The van der Waals surface area contributed by atoms with E-state index in [1.807, 2.05) is 0 Å². The summed E-state index contributed by atoms with van der Waals surface area (Å²) in [4.78, 5) is 4.24. The molecule has 0 bridgehead atoms. The smallest absolute Gasteiger partial charge is 0.398 e. The second kappa shape index (κ2) is 5.88. The highest BCUT2D eigenvalue weighted by atomic mass is 19.4. The number of nitrogens with two attached hydrogens (primary N) is 1. The van der Waals surface area contributed by atoms with Crippen LogP contribution in [0.1, 0.15) is 5.56 Å². The SMILES string of the molecule is Cn1cc(Nc2cc(N)c(-c3ccc(C(F)(F)F)cc3)cn2)cn1. The van der Waals surface area contributed by atoms with E-state index in [1.54, 1.807) is 30.2 Å². The van der Waals surface area contributed by atoms with Gasteiger partial charge in [0, 0.05) is 36.8 Å². The van der Waals surface area contributed by atoms with Crippen LogP contribution < -0.4 is 11.1 Å². The zero-order valence-electron chi connectivity index (χ0n) is 12.7. The van der Waals surface area contributed by atoms with Crippen LogP contribution in [0.15, 0.2) is 48.9 Å². The van der Waals surface area contributed by atoms with Crippen molar-refractivity contribution >= 4 is 17.2 Å². The lowest BCUT2D eigenvalue weighted by atomic mass is 10.0. The van der Waals surface area contributed by atoms with E-state index in [4.69, 9.17) is 5.73 Å². The molecule has 2 heterocycles. The van der Waals surface area contributed by atoms with E-state index in [9.17, 15) is 13.2 Å². The highest BCUT2D eigenvalue weighted by Gasteiger charge is 2.30. The molecule has 124 valence electrons. The lowest BCUT2D eigenvalue weighted by Gasteiger charge is -2.10. The fourth-order valence-corrected chi connectivity index (χ4v) is 2.25. The second-order valence-electron chi connectivity index (χ2n) is 5.26. The fourth-order valence-electron chi connectivity index (χ4n) is 2.25. The number of rotatable bonds is 3. The Hall–Kier alpha value is -3.03. The number of anilines is 3. The van der Waals surface area contributed by atoms with Crippen LogP contribution in [0.3, 0.4) is 0 Å². The van der Waals surface area contributed by atoms with Crippen LogP contribution >= 0.6 is 0 Å². The molecule has 0 aliphatic heterocycles. The third kappa shape index (κ3) is 3.32. The molecule has 0 amide bonds. The first-order chi connectivity index (χ1) is 11.3. The Kier molecular flexibility index (Phi) is 3.88. The highest BCUT2D eigenvalue weighted by Crippen LogP contribution is 2.32. The van der Waals surface area contributed by atoms with Crippen molar-refractivity contribution in [3.8, 4) is 11.1 Å². The number of alkyl halides is 3. The van der Waals surface area contributed by atoms with Crippen molar-refractivity contribution < 1.29 is 13.2 Å². The van der Waals surface area contributed by atoms with Gasteiger partial charge in [-0.1, -0.05) is 12.1 Å². The van der Waals surface area contributed by atoms with Crippen LogP contribution in [-0.2, 0) is 13.2 Å². The molecule has 0 saturated heterocycles. The number of nitrogens with zero attached hydrogens (tertiary/aromatic N) is 3. The highest BCUT2D eigenvalue weighted by molar-refractivity contribution is 5.78. The molecular weight excluding hydrogens is 319 g/mol. The molecule has 3 rings (SSSR count). The lowest BCUT2D eigenvalue weighted by Crippen LogP contribution is -2.04. The summed E-state index contributed by atoms with van der Waals surface area (Å²) in [6.07, 6.45) is 0.583. The van der Waals surface area contributed by atoms with Gasteiger partial charge in [0.1, 0.15) is 5.82 Å². The van der Waals surface area contributed by atoms with Crippen LogP contribution in [0.25, 0.3) is 11.1 Å². The molecule has 0 saturated carbocycles. The van der Waals surface area contributed by atoms with Gasteiger partial charge in [-0.25, -0.2) is 4.98 Å². The van der Waals surface area contributed by atoms with E-state index in [2.05, 4.69) is 15.4 Å². The van der Waals surface area contributed by atoms with Crippen LogP contribution in [0.2, 0.25) is 0 Å². The molecule has 0 unspecified atom stereocenters. The third-order valence-corrected chi connectivity index (χ3v) is 3.44. The number of pyridine rings is 1. The van der Waals surface area contributed by atoms with E-state index in [0.29, 0.717) is 22.6 Å². The summed E-state index contributed by atoms with van der Waals surface area (Å²) in [6, 6.07) is 6.43. The average Bonchev–Trinajstić information content (AvgIpc) is 2.92. The van der Waals surface area contributed by atoms with E-state index >= 15 is 0 Å². The van der Waals surface area contributed by atoms with Crippen molar-refractivity contribution in [1.82, 2.24) is 14.8 Å². The standard InChI is InChI=1S/C16H14F3N5/c1-24-9-12(7-22-24)23-15-6-14(20)13(8-21-15)10-2-4-11(5-3-10)16(17,18)19/h2-9H,1H3,(H3,20,21,23). The number of halogens is 3. The molecule has 3 aromatic rings. The summed E-state index contributed by atoms with van der Waals surface area (Å²) >= 11 is 0. The Morgan fingerprint density at radius 2 is 1.83 bits per heavy atom. The Morgan fingerprint density at radius 1 is 1.12 bits per heavy atom. The average molecular weight is 333 g/mol. The fraction of sp³-hybridized carbons (Fsp3) is 0.125. The quantitative estimate of drug-likeness (QED) is 0.764. The van der Waals surface area contributed by atoms with Crippen LogP contribution in [0, 0.1) is 0 Å². The summed E-state index contributed by atoms with van der Waals surface area (Å²) in [6.45, 7) is 0. The van der Waals surface area contributed by atoms with Gasteiger partial charge in [-0.3, -0.25) is 4.68 Å². The van der Waals surface area contributed by atoms with Gasteiger partial charge in [0.05, 0.1) is 17.4 Å². The van der Waals surface area contributed by atoms with Crippen molar-refractivity contribution in [2.24, 2.45) is 7.05 Å². The molecule has 0 fully saturated rings. The van der Waals surface area contributed by atoms with Gasteiger partial charge in [0.15, 0.2) is 0 Å². The third-order valence-electron chi connectivity index (χ3n) is 3.44. The summed E-state index contributed by atoms with van der Waals surface area (Å²) in [5, 5.41) is 7.08. The van der Waals surface area contributed by atoms with Gasteiger partial charge in [-0.2, -0.15) is 18.3 Å². The number of hydrogen-bond acceptors (Lipinski definition) is 4. The number of aryl methyl sites for hydroxylation is 1. The van der Waals surface area contributed by atoms with E-state index in [0.717, 1.165) is 17.8 Å². The maximum absolute atomic E-state index is 12.6. The van der Waals surface area contributed by atoms with Gasteiger partial charge in [-0.05, 0) is 17.7 Å². The predicted octanol–water partition coefficient (Wildman–Crippen LogP) is 3.83. The number of aromatic nitrogens is 3. The van der Waals surface area contributed by atoms with E-state index in [-0.39, 0.29) is 0 Å². The summed E-state index contributed by atoms with van der Waals surface area (Å²) in [7, 11) is 1.79. The van der Waals surface area contributed by atoms with Gasteiger partial charge in [-0.15, -0.1) is 0 Å². The maximum atomic E-state index is 12.6. The molecule has 5 nitrogen and oxygen atoms in total. The zero-order valence-corrected chi connectivity index (χ0v) is 12.7. The summed E-state index contributed by atoms with van der Waals surface area (Å²) in [5.41, 5.74) is 7.62. The van der Waals surface area contributed by atoms with Gasteiger partial charge in [0.25, 0.3) is 0 Å². The van der Waals surface area contributed by atoms with Crippen LogP contribution in [-0.4, -0.2) is 14.8 Å².